The van der Waals surface area contributed by atoms with Crippen LogP contribution in [0.1, 0.15) is 30.8 Å². The number of aromatic nitrogens is 4. The Balaban J connectivity index is 1.38. The fourth-order valence-electron chi connectivity index (χ4n) is 4.17. The van der Waals surface area contributed by atoms with Gasteiger partial charge in [0, 0.05) is 50.5 Å². The molecule has 31 heavy (non-hydrogen) atoms. The highest BCUT2D eigenvalue weighted by atomic mass is 16.6. The fourth-order valence-corrected chi connectivity index (χ4v) is 4.17. The summed E-state index contributed by atoms with van der Waals surface area (Å²) in [6, 6.07) is 17.3. The van der Waals surface area contributed by atoms with E-state index in [4.69, 9.17) is 0 Å². The summed E-state index contributed by atoms with van der Waals surface area (Å²) in [5.41, 5.74) is 2.41. The zero-order valence-electron chi connectivity index (χ0n) is 17.7. The normalized spacial score (nSPS) is 15.7. The van der Waals surface area contributed by atoms with Crippen LogP contribution >= 0.6 is 0 Å². The van der Waals surface area contributed by atoms with Gasteiger partial charge in [-0.3, -0.25) is 15.0 Å². The molecule has 1 saturated heterocycles. The second-order valence-corrected chi connectivity index (χ2v) is 7.72. The highest BCUT2D eigenvalue weighted by Crippen LogP contribution is 2.26. The van der Waals surface area contributed by atoms with Gasteiger partial charge in [0.2, 0.25) is 0 Å². The molecule has 0 bridgehead atoms. The molecule has 0 spiro atoms. The van der Waals surface area contributed by atoms with E-state index in [1.165, 1.54) is 5.56 Å². The zero-order chi connectivity index (χ0) is 21.6. The maximum absolute atomic E-state index is 10.9. The molecule has 2 heterocycles. The van der Waals surface area contributed by atoms with Crippen LogP contribution in [0.15, 0.2) is 54.6 Å². The van der Waals surface area contributed by atoms with Gasteiger partial charge in [-0.25, -0.2) is 4.68 Å². The molecule has 1 aliphatic heterocycles. The van der Waals surface area contributed by atoms with E-state index in [1.54, 1.807) is 12.1 Å². The van der Waals surface area contributed by atoms with E-state index in [1.807, 2.05) is 22.9 Å². The van der Waals surface area contributed by atoms with E-state index < -0.39 is 0 Å². The number of nitro benzene ring substituents is 1. The number of nitrogens with zero attached hydrogens (tertiary/aromatic N) is 7. The van der Waals surface area contributed by atoms with Gasteiger partial charge in [-0.2, -0.15) is 0 Å². The largest absolute Gasteiger partial charge is 0.369 e. The minimum atomic E-state index is -0.366. The SMILES string of the molecule is CC[C@@H](c1nnnn1CCc1ccccc1)N1CCN(c2ccc([N+](=O)[O-])cc2)CC1. The maximum Gasteiger partial charge on any atom is 0.269 e. The molecule has 1 aromatic heterocycles. The maximum atomic E-state index is 10.9. The quantitative estimate of drug-likeness (QED) is 0.407. The summed E-state index contributed by atoms with van der Waals surface area (Å²) in [7, 11) is 0. The van der Waals surface area contributed by atoms with Crippen LogP contribution in [0, 0.1) is 10.1 Å². The van der Waals surface area contributed by atoms with Crippen molar-refractivity contribution in [3.63, 3.8) is 0 Å². The molecule has 2 aromatic carbocycles. The van der Waals surface area contributed by atoms with Crippen LogP contribution in [0.3, 0.4) is 0 Å². The second kappa shape index (κ2) is 9.65. The molecule has 0 amide bonds. The number of anilines is 1. The number of nitro groups is 1. The van der Waals surface area contributed by atoms with E-state index in [2.05, 4.69) is 56.5 Å². The molecule has 1 atom stereocenters. The molecular weight excluding hydrogens is 394 g/mol. The first-order chi connectivity index (χ1) is 15.2. The summed E-state index contributed by atoms with van der Waals surface area (Å²) < 4.78 is 1.93. The Labute approximate surface area is 181 Å². The van der Waals surface area contributed by atoms with Crippen LogP contribution in [-0.2, 0) is 13.0 Å². The van der Waals surface area contributed by atoms with Crippen LogP contribution in [0.5, 0.6) is 0 Å². The number of aryl methyl sites for hydroxylation is 2. The Morgan fingerprint density at radius 2 is 1.74 bits per heavy atom. The van der Waals surface area contributed by atoms with Crippen molar-refractivity contribution in [1.29, 1.82) is 0 Å². The van der Waals surface area contributed by atoms with Crippen LogP contribution in [0.4, 0.5) is 11.4 Å². The molecule has 9 nitrogen and oxygen atoms in total. The first-order valence-corrected chi connectivity index (χ1v) is 10.7. The third-order valence-electron chi connectivity index (χ3n) is 5.88. The second-order valence-electron chi connectivity index (χ2n) is 7.72. The Morgan fingerprint density at radius 1 is 1.03 bits per heavy atom. The average Bonchev–Trinajstić information content (AvgIpc) is 3.28. The smallest absolute Gasteiger partial charge is 0.269 e. The van der Waals surface area contributed by atoms with Crippen molar-refractivity contribution in [1.82, 2.24) is 25.1 Å². The summed E-state index contributed by atoms with van der Waals surface area (Å²) in [6.45, 7) is 6.43. The number of hydrogen-bond donors (Lipinski definition) is 0. The van der Waals surface area contributed by atoms with Gasteiger partial charge in [0.25, 0.3) is 5.69 Å². The Morgan fingerprint density at radius 3 is 2.39 bits per heavy atom. The predicted octanol–water partition coefficient (Wildman–Crippen LogP) is 3.10. The van der Waals surface area contributed by atoms with Gasteiger partial charge in [0.05, 0.1) is 11.0 Å². The molecular formula is C22H27N7O2. The number of hydrogen-bond acceptors (Lipinski definition) is 7. The Bertz CT molecular complexity index is 983. The summed E-state index contributed by atoms with van der Waals surface area (Å²) in [4.78, 5) is 15.2. The fraction of sp³-hybridized carbons (Fsp3) is 0.409. The molecule has 9 heteroatoms. The minimum Gasteiger partial charge on any atom is -0.369 e. The van der Waals surface area contributed by atoms with Crippen molar-refractivity contribution in [2.45, 2.75) is 32.4 Å². The third-order valence-corrected chi connectivity index (χ3v) is 5.88. The van der Waals surface area contributed by atoms with Crippen molar-refractivity contribution < 1.29 is 4.92 Å². The highest BCUT2D eigenvalue weighted by Gasteiger charge is 2.28. The zero-order valence-corrected chi connectivity index (χ0v) is 17.7. The first kappa shape index (κ1) is 20.9. The lowest BCUT2D eigenvalue weighted by molar-refractivity contribution is -0.384. The van der Waals surface area contributed by atoms with Gasteiger partial charge in [0.1, 0.15) is 0 Å². The predicted molar refractivity (Wildman–Crippen MR) is 118 cm³/mol. The van der Waals surface area contributed by atoms with Gasteiger partial charge >= 0.3 is 0 Å². The topological polar surface area (TPSA) is 93.2 Å². The van der Waals surface area contributed by atoms with Crippen LogP contribution in [0.2, 0.25) is 0 Å². The lowest BCUT2D eigenvalue weighted by atomic mass is 10.1. The molecule has 0 saturated carbocycles. The van der Waals surface area contributed by atoms with E-state index in [0.717, 1.165) is 57.1 Å². The number of rotatable bonds is 8. The molecule has 1 aliphatic rings. The first-order valence-electron chi connectivity index (χ1n) is 10.7. The third kappa shape index (κ3) is 4.88. The number of tetrazole rings is 1. The van der Waals surface area contributed by atoms with Crippen molar-refractivity contribution >= 4 is 11.4 Å². The summed E-state index contributed by atoms with van der Waals surface area (Å²) >= 11 is 0. The van der Waals surface area contributed by atoms with Gasteiger partial charge in [-0.05, 0) is 41.0 Å². The van der Waals surface area contributed by atoms with Gasteiger partial charge in [-0.15, -0.1) is 5.10 Å². The summed E-state index contributed by atoms with van der Waals surface area (Å²) in [5, 5.41) is 23.4. The Kier molecular flexibility index (Phi) is 6.51. The molecule has 0 N–H and O–H groups in total. The molecule has 162 valence electrons. The van der Waals surface area contributed by atoms with E-state index in [-0.39, 0.29) is 16.7 Å². The molecule has 0 unspecified atom stereocenters. The molecule has 0 aliphatic carbocycles. The monoisotopic (exact) mass is 421 g/mol. The number of non-ortho nitro benzene ring substituents is 1. The van der Waals surface area contributed by atoms with Gasteiger partial charge in [-0.1, -0.05) is 37.3 Å². The van der Waals surface area contributed by atoms with E-state index in [0.29, 0.717) is 0 Å². The minimum absolute atomic E-state index is 0.121. The van der Waals surface area contributed by atoms with Crippen LogP contribution < -0.4 is 4.90 Å². The average molecular weight is 422 g/mol. The van der Waals surface area contributed by atoms with Crippen molar-refractivity contribution in [3.8, 4) is 0 Å². The standard InChI is InChI=1S/C22H27N7O2/c1-2-21(22-23-24-25-28(22)13-12-18-6-4-3-5-7-18)27-16-14-26(15-17-27)19-8-10-20(11-9-19)29(30)31/h3-11,21H,2,12-17H2,1H3/t21-/m0/s1. The van der Waals surface area contributed by atoms with Crippen LogP contribution in [-0.4, -0.2) is 56.2 Å². The van der Waals surface area contributed by atoms with E-state index >= 15 is 0 Å². The van der Waals surface area contributed by atoms with Crippen molar-refractivity contribution in [2.24, 2.45) is 0 Å². The lowest BCUT2D eigenvalue weighted by Crippen LogP contribution is -2.48. The summed E-state index contributed by atoms with van der Waals surface area (Å²) in [6.07, 6.45) is 1.83. The highest BCUT2D eigenvalue weighted by molar-refractivity contribution is 5.51. The van der Waals surface area contributed by atoms with E-state index in [9.17, 15) is 10.1 Å². The van der Waals surface area contributed by atoms with Gasteiger partial charge < -0.3 is 4.90 Å². The lowest BCUT2D eigenvalue weighted by Gasteiger charge is -2.39. The van der Waals surface area contributed by atoms with Crippen LogP contribution in [0.25, 0.3) is 0 Å². The van der Waals surface area contributed by atoms with Crippen molar-refractivity contribution in [3.05, 3.63) is 76.1 Å². The molecule has 3 aromatic rings. The van der Waals surface area contributed by atoms with Crippen molar-refractivity contribution in [2.75, 3.05) is 31.1 Å². The summed E-state index contributed by atoms with van der Waals surface area (Å²) in [5.74, 6) is 0.919. The molecule has 1 fully saturated rings. The number of piperazine rings is 1. The Hall–Kier alpha value is -3.33. The molecule has 0 radical (unpaired) electrons. The molecule has 4 rings (SSSR count). The van der Waals surface area contributed by atoms with Gasteiger partial charge in [0.15, 0.2) is 5.82 Å². The number of benzene rings is 2.